The van der Waals surface area contributed by atoms with E-state index in [2.05, 4.69) is 23.7 Å². The van der Waals surface area contributed by atoms with Crippen LogP contribution in [0.3, 0.4) is 0 Å². The average Bonchev–Trinajstić information content (AvgIpc) is 2.77. The van der Waals surface area contributed by atoms with Crippen molar-refractivity contribution < 1.29 is 14.3 Å². The number of ether oxygens (including phenoxy) is 2. The Labute approximate surface area is 173 Å². The zero-order valence-electron chi connectivity index (χ0n) is 17.5. The van der Waals surface area contributed by atoms with Crippen molar-refractivity contribution in [3.63, 3.8) is 0 Å². The van der Waals surface area contributed by atoms with Crippen molar-refractivity contribution in [1.29, 1.82) is 0 Å². The van der Waals surface area contributed by atoms with Crippen LogP contribution in [0, 0.1) is 0 Å². The Morgan fingerprint density at radius 3 is 2.34 bits per heavy atom. The summed E-state index contributed by atoms with van der Waals surface area (Å²) in [6.45, 7) is 9.31. The van der Waals surface area contributed by atoms with Crippen LogP contribution in [0.5, 0.6) is 11.5 Å². The fourth-order valence-corrected chi connectivity index (χ4v) is 3.31. The molecule has 2 aromatic rings. The van der Waals surface area contributed by atoms with Crippen LogP contribution in [0.25, 0.3) is 0 Å². The first kappa shape index (κ1) is 21.1. The minimum Gasteiger partial charge on any atom is -0.490 e. The predicted molar refractivity (Wildman–Crippen MR) is 113 cm³/mol. The number of piperazine rings is 1. The Morgan fingerprint density at radius 2 is 1.69 bits per heavy atom. The molecule has 156 valence electrons. The molecule has 6 heteroatoms. The topological polar surface area (TPSA) is 54.9 Å². The molecule has 6 nitrogen and oxygen atoms in total. The second-order valence-corrected chi connectivity index (χ2v) is 7.25. The Bertz CT molecular complexity index is 774. The molecule has 0 unspecified atom stereocenters. The maximum Gasteiger partial charge on any atom is 0.254 e. The largest absolute Gasteiger partial charge is 0.490 e. The second-order valence-electron chi connectivity index (χ2n) is 7.25. The van der Waals surface area contributed by atoms with Gasteiger partial charge in [0.2, 0.25) is 0 Å². The predicted octanol–water partition coefficient (Wildman–Crippen LogP) is 3.62. The number of benzene rings is 1. The Kier molecular flexibility index (Phi) is 7.87. The van der Waals surface area contributed by atoms with Gasteiger partial charge in [0, 0.05) is 44.5 Å². The van der Waals surface area contributed by atoms with Gasteiger partial charge in [-0.2, -0.15) is 0 Å². The lowest BCUT2D eigenvalue weighted by Crippen LogP contribution is -2.48. The quantitative estimate of drug-likeness (QED) is 0.647. The lowest BCUT2D eigenvalue weighted by Gasteiger charge is -2.34. The zero-order valence-corrected chi connectivity index (χ0v) is 17.5. The summed E-state index contributed by atoms with van der Waals surface area (Å²) in [6, 6.07) is 11.5. The first-order valence-corrected chi connectivity index (χ1v) is 10.5. The molecule has 0 saturated carbocycles. The highest BCUT2D eigenvalue weighted by atomic mass is 16.5. The fourth-order valence-electron chi connectivity index (χ4n) is 3.31. The van der Waals surface area contributed by atoms with E-state index in [0.717, 1.165) is 38.2 Å². The van der Waals surface area contributed by atoms with E-state index in [4.69, 9.17) is 9.47 Å². The average molecular weight is 398 g/mol. The second kappa shape index (κ2) is 10.8. The van der Waals surface area contributed by atoms with Gasteiger partial charge in [0.25, 0.3) is 5.91 Å². The molecule has 1 saturated heterocycles. The van der Waals surface area contributed by atoms with Gasteiger partial charge in [-0.1, -0.05) is 19.9 Å². The standard InChI is InChI=1S/C23H31N3O3/c1-3-15-28-21-9-8-19(17-22(21)29-16-4-2)23(27)26-13-11-25(12-14-26)18-20-7-5-6-10-24-20/h5-10,17H,3-4,11-16,18H2,1-2H3. The number of amides is 1. The fraction of sp³-hybridized carbons (Fsp3) is 0.478. The van der Waals surface area contributed by atoms with Gasteiger partial charge in [0.15, 0.2) is 11.5 Å². The number of carbonyl (C=O) groups is 1. The van der Waals surface area contributed by atoms with E-state index >= 15 is 0 Å². The SMILES string of the molecule is CCCOc1ccc(C(=O)N2CCN(Cc3ccccn3)CC2)cc1OCCC. The third-order valence-electron chi connectivity index (χ3n) is 4.89. The van der Waals surface area contributed by atoms with Gasteiger partial charge in [0.1, 0.15) is 0 Å². The van der Waals surface area contributed by atoms with Crippen LogP contribution in [0.2, 0.25) is 0 Å². The van der Waals surface area contributed by atoms with Crippen LogP contribution < -0.4 is 9.47 Å². The minimum absolute atomic E-state index is 0.0471. The smallest absolute Gasteiger partial charge is 0.254 e. The summed E-state index contributed by atoms with van der Waals surface area (Å²) in [5, 5.41) is 0. The summed E-state index contributed by atoms with van der Waals surface area (Å²) >= 11 is 0. The van der Waals surface area contributed by atoms with Gasteiger partial charge < -0.3 is 14.4 Å². The van der Waals surface area contributed by atoms with Crippen molar-refractivity contribution in [2.24, 2.45) is 0 Å². The van der Waals surface area contributed by atoms with Crippen LogP contribution in [0.4, 0.5) is 0 Å². The third-order valence-corrected chi connectivity index (χ3v) is 4.89. The van der Waals surface area contributed by atoms with E-state index in [1.165, 1.54) is 0 Å². The van der Waals surface area contributed by atoms with Crippen LogP contribution >= 0.6 is 0 Å². The van der Waals surface area contributed by atoms with Crippen molar-refractivity contribution in [3.8, 4) is 11.5 Å². The third kappa shape index (κ3) is 5.94. The summed E-state index contributed by atoms with van der Waals surface area (Å²) in [4.78, 5) is 21.7. The molecular formula is C23H31N3O3. The molecule has 0 atom stereocenters. The summed E-state index contributed by atoms with van der Waals surface area (Å²) in [6.07, 6.45) is 3.65. The summed E-state index contributed by atoms with van der Waals surface area (Å²) in [7, 11) is 0. The lowest BCUT2D eigenvalue weighted by atomic mass is 10.1. The molecule has 3 rings (SSSR count). The Morgan fingerprint density at radius 1 is 0.966 bits per heavy atom. The molecule has 0 spiro atoms. The van der Waals surface area contributed by atoms with Gasteiger partial charge in [0.05, 0.1) is 18.9 Å². The van der Waals surface area contributed by atoms with Crippen LogP contribution in [0.15, 0.2) is 42.6 Å². The van der Waals surface area contributed by atoms with E-state index in [1.54, 1.807) is 0 Å². The molecule has 1 fully saturated rings. The van der Waals surface area contributed by atoms with E-state index < -0.39 is 0 Å². The number of carbonyl (C=O) groups excluding carboxylic acids is 1. The van der Waals surface area contributed by atoms with Gasteiger partial charge in [-0.05, 0) is 43.2 Å². The summed E-state index contributed by atoms with van der Waals surface area (Å²) in [5.74, 6) is 1.41. The summed E-state index contributed by atoms with van der Waals surface area (Å²) in [5.41, 5.74) is 1.71. The molecule has 0 bridgehead atoms. The molecule has 1 aromatic heterocycles. The molecule has 29 heavy (non-hydrogen) atoms. The number of hydrogen-bond donors (Lipinski definition) is 0. The van der Waals surface area contributed by atoms with E-state index in [1.807, 2.05) is 47.5 Å². The van der Waals surface area contributed by atoms with Gasteiger partial charge >= 0.3 is 0 Å². The van der Waals surface area contributed by atoms with Gasteiger partial charge in [-0.15, -0.1) is 0 Å². The van der Waals surface area contributed by atoms with E-state index in [-0.39, 0.29) is 5.91 Å². The van der Waals surface area contributed by atoms with Crippen molar-refractivity contribution in [2.45, 2.75) is 33.2 Å². The molecule has 0 aliphatic carbocycles. The molecule has 0 radical (unpaired) electrons. The Balaban J connectivity index is 1.61. The van der Waals surface area contributed by atoms with E-state index in [9.17, 15) is 4.79 Å². The number of rotatable bonds is 9. The van der Waals surface area contributed by atoms with Crippen LogP contribution in [-0.2, 0) is 6.54 Å². The lowest BCUT2D eigenvalue weighted by molar-refractivity contribution is 0.0626. The molecule has 1 aliphatic heterocycles. The van der Waals surface area contributed by atoms with Crippen LogP contribution in [-0.4, -0.2) is 60.1 Å². The van der Waals surface area contributed by atoms with Gasteiger partial charge in [-0.3, -0.25) is 14.7 Å². The Hall–Kier alpha value is -2.60. The van der Waals surface area contributed by atoms with Crippen molar-refractivity contribution in [1.82, 2.24) is 14.8 Å². The molecule has 0 N–H and O–H groups in total. The van der Waals surface area contributed by atoms with Crippen molar-refractivity contribution in [3.05, 3.63) is 53.9 Å². The monoisotopic (exact) mass is 397 g/mol. The van der Waals surface area contributed by atoms with Crippen LogP contribution in [0.1, 0.15) is 42.7 Å². The number of hydrogen-bond acceptors (Lipinski definition) is 5. The number of nitrogens with zero attached hydrogens (tertiary/aromatic N) is 3. The maximum absolute atomic E-state index is 13.0. The molecule has 1 aliphatic rings. The maximum atomic E-state index is 13.0. The molecular weight excluding hydrogens is 366 g/mol. The first-order chi connectivity index (χ1) is 14.2. The number of pyridine rings is 1. The molecule has 1 aromatic carbocycles. The van der Waals surface area contributed by atoms with E-state index in [0.29, 0.717) is 43.4 Å². The van der Waals surface area contributed by atoms with Gasteiger partial charge in [-0.25, -0.2) is 0 Å². The van der Waals surface area contributed by atoms with Crippen molar-refractivity contribution >= 4 is 5.91 Å². The first-order valence-electron chi connectivity index (χ1n) is 10.5. The number of aromatic nitrogens is 1. The highest BCUT2D eigenvalue weighted by Gasteiger charge is 2.23. The molecule has 1 amide bonds. The highest BCUT2D eigenvalue weighted by molar-refractivity contribution is 5.95. The highest BCUT2D eigenvalue weighted by Crippen LogP contribution is 2.29. The van der Waals surface area contributed by atoms with Crippen molar-refractivity contribution in [2.75, 3.05) is 39.4 Å². The normalized spacial score (nSPS) is 14.6. The summed E-state index contributed by atoms with van der Waals surface area (Å²) < 4.78 is 11.6. The zero-order chi connectivity index (χ0) is 20.5. The minimum atomic E-state index is 0.0471. The molecule has 2 heterocycles.